The van der Waals surface area contributed by atoms with E-state index in [1.54, 1.807) is 6.07 Å². The number of benzene rings is 1. The molecule has 0 fully saturated rings. The van der Waals surface area contributed by atoms with Crippen LogP contribution in [0.3, 0.4) is 0 Å². The summed E-state index contributed by atoms with van der Waals surface area (Å²) in [5, 5.41) is 3.28. The molecule has 100 valence electrons. The van der Waals surface area contributed by atoms with E-state index in [9.17, 15) is 4.39 Å². The molecule has 0 atom stereocenters. The SMILES string of the molecule is Cc1cc(F)ccc1CCNc1ccc(Br)c(C)n1. The van der Waals surface area contributed by atoms with Gasteiger partial charge in [0, 0.05) is 11.0 Å². The van der Waals surface area contributed by atoms with Crippen molar-refractivity contribution >= 4 is 21.7 Å². The van der Waals surface area contributed by atoms with Gasteiger partial charge in [-0.25, -0.2) is 9.37 Å². The zero-order valence-electron chi connectivity index (χ0n) is 11.0. The fraction of sp³-hybridized carbons (Fsp3) is 0.267. The third-order valence-electron chi connectivity index (χ3n) is 3.03. The second-order valence-electron chi connectivity index (χ2n) is 4.51. The Hall–Kier alpha value is -1.42. The third-order valence-corrected chi connectivity index (χ3v) is 3.86. The Kier molecular flexibility index (Phi) is 4.53. The standard InChI is InChI=1S/C15H16BrFN2/c1-10-9-13(17)4-3-12(10)7-8-18-15-6-5-14(16)11(2)19-15/h3-6,9H,7-8H2,1-2H3,(H,18,19). The lowest BCUT2D eigenvalue weighted by molar-refractivity contribution is 0.625. The van der Waals surface area contributed by atoms with Crippen LogP contribution in [0, 0.1) is 19.7 Å². The van der Waals surface area contributed by atoms with Gasteiger partial charge in [0.15, 0.2) is 0 Å². The van der Waals surface area contributed by atoms with Crippen molar-refractivity contribution < 1.29 is 4.39 Å². The lowest BCUT2D eigenvalue weighted by Crippen LogP contribution is -2.07. The van der Waals surface area contributed by atoms with Crippen LogP contribution >= 0.6 is 15.9 Å². The van der Waals surface area contributed by atoms with Crippen molar-refractivity contribution in [2.75, 3.05) is 11.9 Å². The van der Waals surface area contributed by atoms with Crippen LogP contribution in [0.25, 0.3) is 0 Å². The van der Waals surface area contributed by atoms with Crippen LogP contribution in [-0.4, -0.2) is 11.5 Å². The molecule has 1 heterocycles. The van der Waals surface area contributed by atoms with Gasteiger partial charge in [-0.05, 0) is 71.6 Å². The minimum Gasteiger partial charge on any atom is -0.370 e. The van der Waals surface area contributed by atoms with Crippen molar-refractivity contribution in [2.45, 2.75) is 20.3 Å². The molecular weight excluding hydrogens is 307 g/mol. The van der Waals surface area contributed by atoms with Gasteiger partial charge < -0.3 is 5.32 Å². The monoisotopic (exact) mass is 322 g/mol. The van der Waals surface area contributed by atoms with E-state index in [1.165, 1.54) is 6.07 Å². The van der Waals surface area contributed by atoms with E-state index in [-0.39, 0.29) is 5.82 Å². The fourth-order valence-corrected chi connectivity index (χ4v) is 2.13. The maximum absolute atomic E-state index is 13.0. The number of rotatable bonds is 4. The summed E-state index contributed by atoms with van der Waals surface area (Å²) < 4.78 is 14.0. The van der Waals surface area contributed by atoms with E-state index in [2.05, 4.69) is 26.2 Å². The van der Waals surface area contributed by atoms with Crippen molar-refractivity contribution in [1.82, 2.24) is 4.98 Å². The number of nitrogens with zero attached hydrogens (tertiary/aromatic N) is 1. The van der Waals surface area contributed by atoms with Crippen LogP contribution in [0.15, 0.2) is 34.8 Å². The maximum Gasteiger partial charge on any atom is 0.126 e. The number of halogens is 2. The van der Waals surface area contributed by atoms with Crippen LogP contribution < -0.4 is 5.32 Å². The Morgan fingerprint density at radius 3 is 2.68 bits per heavy atom. The molecule has 0 aliphatic carbocycles. The van der Waals surface area contributed by atoms with Gasteiger partial charge in [-0.2, -0.15) is 0 Å². The topological polar surface area (TPSA) is 24.9 Å². The molecule has 0 bridgehead atoms. The largest absolute Gasteiger partial charge is 0.370 e. The zero-order chi connectivity index (χ0) is 13.8. The second kappa shape index (κ2) is 6.15. The van der Waals surface area contributed by atoms with Gasteiger partial charge in [0.05, 0.1) is 5.69 Å². The molecule has 0 amide bonds. The van der Waals surface area contributed by atoms with E-state index < -0.39 is 0 Å². The number of anilines is 1. The van der Waals surface area contributed by atoms with E-state index in [0.29, 0.717) is 0 Å². The lowest BCUT2D eigenvalue weighted by Gasteiger charge is -2.09. The Bertz CT molecular complexity index is 584. The average Bonchev–Trinajstić information content (AvgIpc) is 2.36. The predicted octanol–water partition coefficient (Wildman–Crippen LogP) is 4.25. The zero-order valence-corrected chi connectivity index (χ0v) is 12.6. The molecule has 0 saturated carbocycles. The van der Waals surface area contributed by atoms with Crippen LogP contribution in [0.5, 0.6) is 0 Å². The Morgan fingerprint density at radius 1 is 1.21 bits per heavy atom. The number of aromatic nitrogens is 1. The van der Waals surface area contributed by atoms with Crippen LogP contribution in [-0.2, 0) is 6.42 Å². The normalized spacial score (nSPS) is 10.5. The maximum atomic E-state index is 13.0. The van der Waals surface area contributed by atoms with Crippen molar-refractivity contribution in [2.24, 2.45) is 0 Å². The highest BCUT2D eigenvalue weighted by atomic mass is 79.9. The molecule has 19 heavy (non-hydrogen) atoms. The minimum atomic E-state index is -0.181. The first-order chi connectivity index (χ1) is 9.06. The minimum absolute atomic E-state index is 0.181. The van der Waals surface area contributed by atoms with Crippen molar-refractivity contribution in [3.8, 4) is 0 Å². The smallest absolute Gasteiger partial charge is 0.126 e. The molecule has 1 aromatic carbocycles. The van der Waals surface area contributed by atoms with Crippen LogP contribution in [0.1, 0.15) is 16.8 Å². The summed E-state index contributed by atoms with van der Waals surface area (Å²) in [4.78, 5) is 4.42. The molecule has 0 unspecified atom stereocenters. The summed E-state index contributed by atoms with van der Waals surface area (Å²) in [6.07, 6.45) is 0.850. The lowest BCUT2D eigenvalue weighted by atomic mass is 10.1. The molecule has 1 N–H and O–H groups in total. The molecule has 0 spiro atoms. The third kappa shape index (κ3) is 3.77. The van der Waals surface area contributed by atoms with Crippen LogP contribution in [0.2, 0.25) is 0 Å². The summed E-state index contributed by atoms with van der Waals surface area (Å²) in [6, 6.07) is 8.83. The Labute approximate surface area is 121 Å². The summed E-state index contributed by atoms with van der Waals surface area (Å²) in [5.74, 6) is 0.680. The van der Waals surface area contributed by atoms with Gasteiger partial charge in [-0.1, -0.05) is 6.07 Å². The first-order valence-corrected chi connectivity index (χ1v) is 6.97. The molecule has 0 radical (unpaired) electrons. The summed E-state index contributed by atoms with van der Waals surface area (Å²) in [5.41, 5.74) is 3.10. The quantitative estimate of drug-likeness (QED) is 0.910. The van der Waals surface area contributed by atoms with E-state index in [4.69, 9.17) is 0 Å². The van der Waals surface area contributed by atoms with Crippen molar-refractivity contribution in [3.63, 3.8) is 0 Å². The summed E-state index contributed by atoms with van der Waals surface area (Å²) in [6.45, 7) is 4.67. The van der Waals surface area contributed by atoms with E-state index in [1.807, 2.05) is 32.0 Å². The number of hydrogen-bond acceptors (Lipinski definition) is 2. The van der Waals surface area contributed by atoms with Gasteiger partial charge in [0.25, 0.3) is 0 Å². The van der Waals surface area contributed by atoms with Crippen molar-refractivity contribution in [1.29, 1.82) is 0 Å². The van der Waals surface area contributed by atoms with Crippen molar-refractivity contribution in [3.05, 3.63) is 57.4 Å². The number of nitrogens with one attached hydrogen (secondary N) is 1. The molecule has 0 aliphatic rings. The molecular formula is C15H16BrFN2. The molecule has 0 saturated heterocycles. The van der Waals surface area contributed by atoms with Gasteiger partial charge in [-0.15, -0.1) is 0 Å². The highest BCUT2D eigenvalue weighted by Crippen LogP contribution is 2.16. The molecule has 1 aromatic heterocycles. The van der Waals surface area contributed by atoms with Crippen LogP contribution in [0.4, 0.5) is 10.2 Å². The molecule has 4 heteroatoms. The predicted molar refractivity (Wildman–Crippen MR) is 80.0 cm³/mol. The van der Waals surface area contributed by atoms with E-state index in [0.717, 1.165) is 40.1 Å². The number of hydrogen-bond donors (Lipinski definition) is 1. The first-order valence-electron chi connectivity index (χ1n) is 6.18. The molecule has 2 rings (SSSR count). The number of pyridine rings is 1. The Morgan fingerprint density at radius 2 is 2.00 bits per heavy atom. The van der Waals surface area contributed by atoms with Gasteiger partial charge in [0.2, 0.25) is 0 Å². The van der Waals surface area contributed by atoms with E-state index >= 15 is 0 Å². The average molecular weight is 323 g/mol. The highest BCUT2D eigenvalue weighted by molar-refractivity contribution is 9.10. The molecule has 0 aliphatic heterocycles. The second-order valence-corrected chi connectivity index (χ2v) is 5.37. The first kappa shape index (κ1) is 14.0. The fourth-order valence-electron chi connectivity index (χ4n) is 1.91. The molecule has 2 nitrogen and oxygen atoms in total. The Balaban J connectivity index is 1.94. The summed E-state index contributed by atoms with van der Waals surface area (Å²) in [7, 11) is 0. The highest BCUT2D eigenvalue weighted by Gasteiger charge is 2.01. The number of aryl methyl sites for hydroxylation is 2. The van der Waals surface area contributed by atoms with Gasteiger partial charge in [0.1, 0.15) is 11.6 Å². The summed E-state index contributed by atoms with van der Waals surface area (Å²) >= 11 is 3.42. The molecule has 2 aromatic rings. The van der Waals surface area contributed by atoms with Gasteiger partial charge >= 0.3 is 0 Å². The van der Waals surface area contributed by atoms with Gasteiger partial charge in [-0.3, -0.25) is 0 Å².